The third-order valence-corrected chi connectivity index (χ3v) is 3.88. The van der Waals surface area contributed by atoms with Crippen molar-refractivity contribution in [3.63, 3.8) is 0 Å². The third-order valence-electron chi connectivity index (χ3n) is 1.39. The van der Waals surface area contributed by atoms with Crippen LogP contribution in [-0.4, -0.2) is 23.4 Å². The molecule has 0 saturated carbocycles. The Morgan fingerprint density at radius 3 is 2.08 bits per heavy atom. The number of hydrogen-bond acceptors (Lipinski definition) is 2. The van der Waals surface area contributed by atoms with Crippen LogP contribution < -0.4 is 9.60 Å². The van der Waals surface area contributed by atoms with Crippen molar-refractivity contribution >= 4 is 29.4 Å². The van der Waals surface area contributed by atoms with E-state index in [4.69, 9.17) is 5.14 Å². The van der Waals surface area contributed by atoms with Gasteiger partial charge in [-0.15, -0.1) is 0 Å². The first-order chi connectivity index (χ1) is 5.54. The van der Waals surface area contributed by atoms with Crippen molar-refractivity contribution in [3.05, 3.63) is 24.3 Å². The predicted octanol–water partition coefficient (Wildman–Crippen LogP) is -0.288. The van der Waals surface area contributed by atoms with Crippen molar-refractivity contribution in [2.24, 2.45) is 5.14 Å². The van der Waals surface area contributed by atoms with Gasteiger partial charge in [0.1, 0.15) is 0 Å². The molecule has 0 bridgehead atoms. The van der Waals surface area contributed by atoms with Gasteiger partial charge in [-0.1, -0.05) is 0 Å². The van der Waals surface area contributed by atoms with Gasteiger partial charge in [0.25, 0.3) is 0 Å². The molecule has 0 aliphatic carbocycles. The van der Waals surface area contributed by atoms with Gasteiger partial charge in [-0.25, -0.2) is 0 Å². The zero-order chi connectivity index (χ0) is 9.19. The molecule has 0 aliphatic rings. The second-order valence-electron chi connectivity index (χ2n) is 2.22. The van der Waals surface area contributed by atoms with E-state index >= 15 is 0 Å². The molecular weight excluding hydrogens is 241 g/mol. The first kappa shape index (κ1) is 9.74. The molecule has 1 aromatic carbocycles. The van der Waals surface area contributed by atoms with E-state index in [9.17, 15) is 8.42 Å². The zero-order valence-electron chi connectivity index (χ0n) is 6.52. The number of sulfonamides is 1. The van der Waals surface area contributed by atoms with E-state index in [-0.39, 0.29) is 4.90 Å². The Hall–Kier alpha value is -0.351. The van der Waals surface area contributed by atoms with Gasteiger partial charge < -0.3 is 0 Å². The summed E-state index contributed by atoms with van der Waals surface area (Å²) in [5, 5.41) is 4.93. The molecule has 1 rings (SSSR count). The molecule has 12 heavy (non-hydrogen) atoms. The van der Waals surface area contributed by atoms with Gasteiger partial charge in [0.2, 0.25) is 0 Å². The summed E-state index contributed by atoms with van der Waals surface area (Å²) in [6.07, 6.45) is 0. The van der Waals surface area contributed by atoms with Crippen molar-refractivity contribution in [2.75, 3.05) is 0 Å². The van der Waals surface area contributed by atoms with Crippen LogP contribution in [0.3, 0.4) is 0 Å². The first-order valence-corrected chi connectivity index (χ1v) is 7.32. The van der Waals surface area contributed by atoms with E-state index in [1.807, 2.05) is 0 Å². The van der Waals surface area contributed by atoms with Crippen LogP contribution in [0, 0.1) is 0 Å². The van der Waals surface area contributed by atoms with Gasteiger partial charge in [-0.3, -0.25) is 0 Å². The molecule has 5 heteroatoms. The molecule has 0 saturated heterocycles. The van der Waals surface area contributed by atoms with Crippen molar-refractivity contribution in [1.29, 1.82) is 0 Å². The Morgan fingerprint density at radius 2 is 1.75 bits per heavy atom. The molecule has 3 nitrogen and oxygen atoms in total. The quantitative estimate of drug-likeness (QED) is 0.733. The molecule has 0 heterocycles. The van der Waals surface area contributed by atoms with Gasteiger partial charge in [0.05, 0.1) is 0 Å². The molecule has 0 fully saturated rings. The number of hydrogen-bond donors (Lipinski definition) is 1. The van der Waals surface area contributed by atoms with E-state index in [1.165, 1.54) is 12.1 Å². The van der Waals surface area contributed by atoms with E-state index in [0.717, 1.165) is 4.46 Å². The summed E-state index contributed by atoms with van der Waals surface area (Å²) in [5.41, 5.74) is 0. The van der Waals surface area contributed by atoms with Crippen LogP contribution in [0.5, 0.6) is 0 Å². The summed E-state index contributed by atoms with van der Waals surface area (Å²) in [4.78, 5) is 0.176. The van der Waals surface area contributed by atoms with Crippen LogP contribution in [-0.2, 0) is 10.0 Å². The summed E-state index contributed by atoms with van der Waals surface area (Å²) in [6.45, 7) is 0. The zero-order valence-corrected chi connectivity index (χ0v) is 9.05. The van der Waals surface area contributed by atoms with Crippen LogP contribution in [0.4, 0.5) is 0 Å². The predicted molar refractivity (Wildman–Crippen MR) is 49.1 cm³/mol. The van der Waals surface area contributed by atoms with E-state index < -0.39 is 10.0 Å². The normalized spacial score (nSPS) is 11.5. The van der Waals surface area contributed by atoms with Gasteiger partial charge in [-0.05, 0) is 0 Å². The van der Waals surface area contributed by atoms with Crippen LogP contribution >= 0.6 is 0 Å². The first-order valence-electron chi connectivity index (χ1n) is 3.21. The molecular formula is C7H9NO2SSe. The summed E-state index contributed by atoms with van der Waals surface area (Å²) < 4.78 is 22.8. The fourth-order valence-corrected chi connectivity index (χ4v) is 2.14. The molecule has 0 unspecified atom stereocenters. The Balaban J connectivity index is 3.09. The van der Waals surface area contributed by atoms with Crippen LogP contribution in [0.25, 0.3) is 0 Å². The second-order valence-corrected chi connectivity index (χ2v) is 5.63. The van der Waals surface area contributed by atoms with E-state index in [1.54, 1.807) is 12.1 Å². The van der Waals surface area contributed by atoms with E-state index in [2.05, 4.69) is 5.82 Å². The summed E-state index contributed by atoms with van der Waals surface area (Å²) in [5.74, 6) is 2.07. The molecule has 0 aromatic heterocycles. The molecule has 0 radical (unpaired) electrons. The maximum absolute atomic E-state index is 10.8. The monoisotopic (exact) mass is 251 g/mol. The van der Waals surface area contributed by atoms with E-state index in [0.29, 0.717) is 15.0 Å². The Bertz CT molecular complexity index is 357. The summed E-state index contributed by atoms with van der Waals surface area (Å²) in [7, 11) is -3.52. The van der Waals surface area contributed by atoms with Gasteiger partial charge in [-0.2, -0.15) is 0 Å². The average molecular weight is 250 g/mol. The third kappa shape index (κ3) is 2.32. The van der Waals surface area contributed by atoms with Crippen LogP contribution in [0.1, 0.15) is 0 Å². The molecule has 2 N–H and O–H groups in total. The minimum atomic E-state index is -3.52. The number of nitrogens with two attached hydrogens (primary N) is 1. The Kier molecular flexibility index (Phi) is 2.90. The van der Waals surface area contributed by atoms with Crippen molar-refractivity contribution in [3.8, 4) is 0 Å². The second kappa shape index (κ2) is 3.58. The maximum atomic E-state index is 10.8. The minimum absolute atomic E-state index is 0.176. The van der Waals surface area contributed by atoms with Gasteiger partial charge >= 0.3 is 78.0 Å². The summed E-state index contributed by atoms with van der Waals surface area (Å²) >= 11 is 0.400. The fraction of sp³-hybridized carbons (Fsp3) is 0.143. The van der Waals surface area contributed by atoms with Crippen molar-refractivity contribution in [1.82, 2.24) is 0 Å². The van der Waals surface area contributed by atoms with Crippen LogP contribution in [0.2, 0.25) is 5.82 Å². The van der Waals surface area contributed by atoms with Gasteiger partial charge in [0.15, 0.2) is 0 Å². The van der Waals surface area contributed by atoms with Crippen molar-refractivity contribution in [2.45, 2.75) is 10.7 Å². The average Bonchev–Trinajstić information content (AvgIpc) is 2.03. The Labute approximate surface area is 78.2 Å². The molecule has 0 amide bonds. The van der Waals surface area contributed by atoms with Crippen LogP contribution in [0.15, 0.2) is 29.2 Å². The number of primary sulfonamides is 1. The SMILES string of the molecule is C[Se]c1ccc(S(N)(=O)=O)cc1. The molecule has 0 atom stereocenters. The van der Waals surface area contributed by atoms with Crippen molar-refractivity contribution < 1.29 is 8.42 Å². The number of benzene rings is 1. The topological polar surface area (TPSA) is 60.2 Å². The van der Waals surface area contributed by atoms with Gasteiger partial charge in [0, 0.05) is 0 Å². The molecule has 0 aliphatic heterocycles. The molecule has 0 spiro atoms. The summed E-state index contributed by atoms with van der Waals surface area (Å²) in [6, 6.07) is 6.66. The fourth-order valence-electron chi connectivity index (χ4n) is 0.765. The molecule has 1 aromatic rings. The Morgan fingerprint density at radius 1 is 1.25 bits per heavy atom. The standard InChI is InChI=1S/C7H9NO2SSe/c1-12-7-4-2-6(3-5-7)11(8,9)10/h2-5H,1H3,(H2,8,9,10). The molecule has 66 valence electrons. The number of rotatable bonds is 2.